The monoisotopic (exact) mass is 350 g/mol. The van der Waals surface area contributed by atoms with Gasteiger partial charge in [0.1, 0.15) is 0 Å². The molecule has 6 heteroatoms. The lowest BCUT2D eigenvalue weighted by Crippen LogP contribution is -2.48. The number of nitrogens with zero attached hydrogens (tertiary/aromatic N) is 1. The first kappa shape index (κ1) is 19.2. The Bertz CT molecular complexity index is 582. The van der Waals surface area contributed by atoms with Gasteiger partial charge in [0, 0.05) is 25.0 Å². The van der Waals surface area contributed by atoms with Crippen molar-refractivity contribution in [2.24, 2.45) is 5.92 Å². The highest BCUT2D eigenvalue weighted by atomic mass is 19.1. The van der Waals surface area contributed by atoms with Crippen molar-refractivity contribution in [1.29, 1.82) is 0 Å². The number of para-hydroxylation sites is 1. The van der Waals surface area contributed by atoms with Gasteiger partial charge in [0.25, 0.3) is 5.91 Å². The molecule has 5 nitrogen and oxygen atoms in total. The third-order valence-corrected chi connectivity index (χ3v) is 4.70. The van der Waals surface area contributed by atoms with Gasteiger partial charge in [-0.05, 0) is 37.8 Å². The highest BCUT2D eigenvalue weighted by Gasteiger charge is 2.27. The zero-order valence-electron chi connectivity index (χ0n) is 15.0. The van der Waals surface area contributed by atoms with Gasteiger partial charge in [0.2, 0.25) is 5.91 Å². The average Bonchev–Trinajstić information content (AvgIpc) is 2.62. The van der Waals surface area contributed by atoms with E-state index in [1.807, 2.05) is 18.7 Å². The second kappa shape index (κ2) is 9.39. The number of hydrogen-bond acceptors (Lipinski definition) is 3. The number of nitrogens with one attached hydrogen (secondary N) is 1. The van der Waals surface area contributed by atoms with Gasteiger partial charge in [-0.2, -0.15) is 0 Å². The van der Waals surface area contributed by atoms with Gasteiger partial charge >= 0.3 is 0 Å². The Hall–Kier alpha value is -2.11. The van der Waals surface area contributed by atoms with Crippen molar-refractivity contribution >= 4 is 11.8 Å². The van der Waals surface area contributed by atoms with Crippen LogP contribution in [0.15, 0.2) is 24.3 Å². The van der Waals surface area contributed by atoms with Gasteiger partial charge in [-0.15, -0.1) is 0 Å². The predicted octanol–water partition coefficient (Wildman–Crippen LogP) is 2.75. The van der Waals surface area contributed by atoms with Crippen LogP contribution in [-0.2, 0) is 9.59 Å². The van der Waals surface area contributed by atoms with Gasteiger partial charge in [-0.1, -0.05) is 26.0 Å². The van der Waals surface area contributed by atoms with Gasteiger partial charge in [0.05, 0.1) is 0 Å². The number of halogens is 1. The topological polar surface area (TPSA) is 58.6 Å². The van der Waals surface area contributed by atoms with Crippen LogP contribution in [0.1, 0.15) is 39.5 Å². The maximum absolute atomic E-state index is 13.4. The molecule has 1 heterocycles. The van der Waals surface area contributed by atoms with E-state index < -0.39 is 5.82 Å². The molecule has 1 aliphatic heterocycles. The van der Waals surface area contributed by atoms with Crippen LogP contribution in [0.4, 0.5) is 4.39 Å². The summed E-state index contributed by atoms with van der Waals surface area (Å²) in [7, 11) is 0. The minimum absolute atomic E-state index is 0.0301. The van der Waals surface area contributed by atoms with E-state index in [4.69, 9.17) is 4.74 Å². The average molecular weight is 350 g/mol. The zero-order valence-corrected chi connectivity index (χ0v) is 15.0. The van der Waals surface area contributed by atoms with Crippen LogP contribution >= 0.6 is 0 Å². The molecule has 1 fully saturated rings. The lowest BCUT2D eigenvalue weighted by atomic mass is 9.98. The summed E-state index contributed by atoms with van der Waals surface area (Å²) in [6, 6.07) is 6.04. The molecule has 138 valence electrons. The van der Waals surface area contributed by atoms with Crippen molar-refractivity contribution in [1.82, 2.24) is 10.2 Å². The molecular formula is C19H27FN2O3. The quantitative estimate of drug-likeness (QED) is 0.823. The molecule has 1 N–H and O–H groups in total. The van der Waals surface area contributed by atoms with Crippen LogP contribution in [-0.4, -0.2) is 42.5 Å². The number of carbonyl (C=O) groups excluding carboxylic acids is 2. The molecule has 0 atom stereocenters. The molecule has 0 aliphatic carbocycles. The molecule has 1 aliphatic rings. The third-order valence-electron chi connectivity index (χ3n) is 4.70. The number of ether oxygens (including phenoxy) is 1. The van der Waals surface area contributed by atoms with Gasteiger partial charge in [0.15, 0.2) is 18.2 Å². The lowest BCUT2D eigenvalue weighted by Gasteiger charge is -2.34. The fourth-order valence-electron chi connectivity index (χ4n) is 3.11. The second-order valence-corrected chi connectivity index (χ2v) is 6.40. The summed E-state index contributed by atoms with van der Waals surface area (Å²) in [5.41, 5.74) is 0. The number of benzene rings is 1. The second-order valence-electron chi connectivity index (χ2n) is 6.40. The number of rotatable bonds is 7. The summed E-state index contributed by atoms with van der Waals surface area (Å²) in [6.07, 6.45) is 3.19. The Morgan fingerprint density at radius 1 is 1.24 bits per heavy atom. The molecule has 1 aromatic carbocycles. The van der Waals surface area contributed by atoms with Crippen molar-refractivity contribution < 1.29 is 18.7 Å². The van der Waals surface area contributed by atoms with Gasteiger partial charge in [-0.25, -0.2) is 4.39 Å². The van der Waals surface area contributed by atoms with Crippen molar-refractivity contribution in [3.05, 3.63) is 30.1 Å². The minimum Gasteiger partial charge on any atom is -0.481 e. The van der Waals surface area contributed by atoms with E-state index in [2.05, 4.69) is 5.32 Å². The first-order valence-electron chi connectivity index (χ1n) is 9.00. The fraction of sp³-hybridized carbons (Fsp3) is 0.579. The number of carbonyl (C=O) groups is 2. The van der Waals surface area contributed by atoms with Crippen LogP contribution in [0.5, 0.6) is 5.75 Å². The molecule has 1 aromatic rings. The maximum atomic E-state index is 13.4. The Morgan fingerprint density at radius 3 is 2.48 bits per heavy atom. The molecule has 0 spiro atoms. The molecule has 0 unspecified atom stereocenters. The Morgan fingerprint density at radius 2 is 1.88 bits per heavy atom. The van der Waals surface area contributed by atoms with Crippen LogP contribution in [0.2, 0.25) is 0 Å². The molecular weight excluding hydrogens is 323 g/mol. The molecule has 25 heavy (non-hydrogen) atoms. The van der Waals surface area contributed by atoms with E-state index in [0.29, 0.717) is 13.1 Å². The van der Waals surface area contributed by atoms with Crippen molar-refractivity contribution in [2.75, 3.05) is 19.7 Å². The standard InChI is InChI=1S/C19H27FN2O3/c1-3-14(4-2)19(24)22-11-9-15(10-12-22)21-18(23)13-25-17-8-6-5-7-16(17)20/h5-8,14-15H,3-4,9-13H2,1-2H3,(H,21,23). The van der Waals surface area contributed by atoms with E-state index in [-0.39, 0.29) is 36.1 Å². The smallest absolute Gasteiger partial charge is 0.258 e. The van der Waals surface area contributed by atoms with Crippen LogP contribution in [0.3, 0.4) is 0 Å². The normalized spacial score (nSPS) is 15.3. The predicted molar refractivity (Wildman–Crippen MR) is 93.7 cm³/mol. The van der Waals surface area contributed by atoms with Crippen molar-refractivity contribution in [2.45, 2.75) is 45.6 Å². The molecule has 0 aromatic heterocycles. The van der Waals surface area contributed by atoms with Crippen LogP contribution in [0, 0.1) is 11.7 Å². The molecule has 2 rings (SSSR count). The fourth-order valence-corrected chi connectivity index (χ4v) is 3.11. The Labute approximate surface area is 148 Å². The molecule has 0 saturated carbocycles. The largest absolute Gasteiger partial charge is 0.481 e. The van der Waals surface area contributed by atoms with Gasteiger partial charge < -0.3 is 15.0 Å². The maximum Gasteiger partial charge on any atom is 0.258 e. The van der Waals surface area contributed by atoms with Crippen LogP contribution < -0.4 is 10.1 Å². The van der Waals surface area contributed by atoms with E-state index in [1.165, 1.54) is 12.1 Å². The number of hydrogen-bond donors (Lipinski definition) is 1. The first-order valence-corrected chi connectivity index (χ1v) is 9.00. The highest BCUT2D eigenvalue weighted by molar-refractivity contribution is 5.79. The molecule has 2 amide bonds. The van der Waals surface area contributed by atoms with E-state index in [1.54, 1.807) is 12.1 Å². The first-order chi connectivity index (χ1) is 12.0. The highest BCUT2D eigenvalue weighted by Crippen LogP contribution is 2.18. The van der Waals surface area contributed by atoms with E-state index in [9.17, 15) is 14.0 Å². The van der Waals surface area contributed by atoms with Crippen molar-refractivity contribution in [3.8, 4) is 5.75 Å². The summed E-state index contributed by atoms with van der Waals surface area (Å²) in [4.78, 5) is 26.2. The molecule has 1 saturated heterocycles. The third kappa shape index (κ3) is 5.44. The summed E-state index contributed by atoms with van der Waals surface area (Å²) >= 11 is 0. The summed E-state index contributed by atoms with van der Waals surface area (Å²) in [5.74, 6) is -0.363. The Kier molecular flexibility index (Phi) is 7.22. The Balaban J connectivity index is 1.73. The minimum atomic E-state index is -0.483. The molecule has 0 bridgehead atoms. The summed E-state index contributed by atoms with van der Waals surface area (Å²) in [5, 5.41) is 2.90. The van der Waals surface area contributed by atoms with E-state index in [0.717, 1.165) is 25.7 Å². The number of piperidine rings is 1. The number of likely N-dealkylation sites (tertiary alicyclic amines) is 1. The van der Waals surface area contributed by atoms with E-state index >= 15 is 0 Å². The summed E-state index contributed by atoms with van der Waals surface area (Å²) < 4.78 is 18.7. The van der Waals surface area contributed by atoms with Gasteiger partial charge in [-0.3, -0.25) is 9.59 Å². The summed E-state index contributed by atoms with van der Waals surface area (Å²) in [6.45, 7) is 5.18. The zero-order chi connectivity index (χ0) is 18.2. The van der Waals surface area contributed by atoms with Crippen molar-refractivity contribution in [3.63, 3.8) is 0 Å². The van der Waals surface area contributed by atoms with Crippen LogP contribution in [0.25, 0.3) is 0 Å². The SMILES string of the molecule is CCC(CC)C(=O)N1CCC(NC(=O)COc2ccccc2F)CC1. The number of amides is 2. The molecule has 0 radical (unpaired) electrons. The lowest BCUT2D eigenvalue weighted by molar-refractivity contribution is -0.137.